The molecule has 0 spiro atoms. The first-order chi connectivity index (χ1) is 8.58. The quantitative estimate of drug-likeness (QED) is 0.784. The highest BCUT2D eigenvalue weighted by Crippen LogP contribution is 2.22. The van der Waals surface area contributed by atoms with Crippen LogP contribution in [-0.2, 0) is 7.05 Å². The molecular weight excluding hydrogens is 242 g/mol. The maximum Gasteiger partial charge on any atom is 0.387 e. The molecular formula is C12H10F2N2O2. The van der Waals surface area contributed by atoms with Crippen molar-refractivity contribution in [3.05, 3.63) is 47.8 Å². The van der Waals surface area contributed by atoms with E-state index in [1.54, 1.807) is 13.1 Å². The van der Waals surface area contributed by atoms with Crippen LogP contribution in [0, 0.1) is 0 Å². The summed E-state index contributed by atoms with van der Waals surface area (Å²) in [7, 11) is 1.67. The molecule has 6 heteroatoms. The SMILES string of the molecule is Cn1cc(C(=O)c2ccccc2OC(F)F)cn1. The normalized spacial score (nSPS) is 10.7. The Bertz CT molecular complexity index is 567. The Kier molecular flexibility index (Phi) is 3.36. The molecule has 0 bridgehead atoms. The average Bonchev–Trinajstić information content (AvgIpc) is 2.75. The smallest absolute Gasteiger partial charge is 0.387 e. The van der Waals surface area contributed by atoms with Gasteiger partial charge in [-0.25, -0.2) is 0 Å². The van der Waals surface area contributed by atoms with Crippen molar-refractivity contribution in [1.29, 1.82) is 0 Å². The van der Waals surface area contributed by atoms with Crippen molar-refractivity contribution in [1.82, 2.24) is 9.78 Å². The van der Waals surface area contributed by atoms with Crippen molar-refractivity contribution in [3.8, 4) is 5.75 Å². The topological polar surface area (TPSA) is 44.1 Å². The van der Waals surface area contributed by atoms with E-state index in [-0.39, 0.29) is 11.3 Å². The number of alkyl halides is 2. The maximum absolute atomic E-state index is 12.2. The fraction of sp³-hybridized carbons (Fsp3) is 0.167. The third-order valence-corrected chi connectivity index (χ3v) is 2.31. The molecule has 0 saturated heterocycles. The van der Waals surface area contributed by atoms with Gasteiger partial charge in [0.2, 0.25) is 0 Å². The van der Waals surface area contributed by atoms with E-state index in [0.29, 0.717) is 5.56 Å². The van der Waals surface area contributed by atoms with E-state index in [1.807, 2.05) is 0 Å². The van der Waals surface area contributed by atoms with Crippen molar-refractivity contribution < 1.29 is 18.3 Å². The van der Waals surface area contributed by atoms with Gasteiger partial charge in [-0.3, -0.25) is 9.48 Å². The minimum Gasteiger partial charge on any atom is -0.434 e. The van der Waals surface area contributed by atoms with Gasteiger partial charge in [-0.1, -0.05) is 12.1 Å². The highest BCUT2D eigenvalue weighted by molar-refractivity contribution is 6.10. The maximum atomic E-state index is 12.2. The monoisotopic (exact) mass is 252 g/mol. The molecule has 2 rings (SSSR count). The highest BCUT2D eigenvalue weighted by Gasteiger charge is 2.17. The molecule has 0 amide bonds. The molecule has 4 nitrogen and oxygen atoms in total. The number of benzene rings is 1. The van der Waals surface area contributed by atoms with Gasteiger partial charge in [-0.15, -0.1) is 0 Å². The third kappa shape index (κ3) is 2.53. The number of ether oxygens (including phenoxy) is 1. The minimum atomic E-state index is -2.96. The van der Waals surface area contributed by atoms with Crippen LogP contribution < -0.4 is 4.74 Å². The van der Waals surface area contributed by atoms with Crippen LogP contribution in [0.2, 0.25) is 0 Å². The first-order valence-corrected chi connectivity index (χ1v) is 5.15. The largest absolute Gasteiger partial charge is 0.434 e. The molecule has 1 aromatic heterocycles. The van der Waals surface area contributed by atoms with Gasteiger partial charge in [-0.2, -0.15) is 13.9 Å². The number of nitrogens with zero attached hydrogens (tertiary/aromatic N) is 2. The van der Waals surface area contributed by atoms with Gasteiger partial charge in [0, 0.05) is 13.2 Å². The summed E-state index contributed by atoms with van der Waals surface area (Å²) in [6.45, 7) is -2.96. The minimum absolute atomic E-state index is 0.0887. The lowest BCUT2D eigenvalue weighted by atomic mass is 10.1. The number of carbonyl (C=O) groups excluding carboxylic acids is 1. The molecule has 0 aliphatic carbocycles. The van der Waals surface area contributed by atoms with Crippen LogP contribution in [0.25, 0.3) is 0 Å². The lowest BCUT2D eigenvalue weighted by Gasteiger charge is -2.08. The lowest BCUT2D eigenvalue weighted by molar-refractivity contribution is -0.0501. The molecule has 18 heavy (non-hydrogen) atoms. The summed E-state index contributed by atoms with van der Waals surface area (Å²) < 4.78 is 30.2. The Hall–Kier alpha value is -2.24. The van der Waals surface area contributed by atoms with Gasteiger partial charge >= 0.3 is 6.61 Å². The Labute approximate surface area is 102 Å². The van der Waals surface area contributed by atoms with Crippen molar-refractivity contribution in [2.75, 3.05) is 0 Å². The molecule has 0 unspecified atom stereocenters. The summed E-state index contributed by atoms with van der Waals surface area (Å²) >= 11 is 0. The second kappa shape index (κ2) is 4.95. The first-order valence-electron chi connectivity index (χ1n) is 5.15. The zero-order valence-electron chi connectivity index (χ0n) is 9.51. The molecule has 0 saturated carbocycles. The standard InChI is InChI=1S/C12H10F2N2O2/c1-16-7-8(6-15-16)11(17)9-4-2-3-5-10(9)18-12(13)14/h2-7,12H,1H3. The Morgan fingerprint density at radius 2 is 2.11 bits per heavy atom. The first kappa shape index (κ1) is 12.2. The van der Waals surface area contributed by atoms with Gasteiger partial charge < -0.3 is 4.74 Å². The van der Waals surface area contributed by atoms with Gasteiger partial charge in [-0.05, 0) is 12.1 Å². The van der Waals surface area contributed by atoms with Crippen LogP contribution in [0.15, 0.2) is 36.7 Å². The summed E-state index contributed by atoms with van der Waals surface area (Å²) in [5.74, 6) is -0.541. The van der Waals surface area contributed by atoms with Crippen LogP contribution in [0.1, 0.15) is 15.9 Å². The fourth-order valence-electron chi connectivity index (χ4n) is 1.55. The fourth-order valence-corrected chi connectivity index (χ4v) is 1.55. The van der Waals surface area contributed by atoms with Crippen LogP contribution in [0.4, 0.5) is 8.78 Å². The summed E-state index contributed by atoms with van der Waals surface area (Å²) in [6.07, 6.45) is 2.89. The molecule has 0 fully saturated rings. The molecule has 0 N–H and O–H groups in total. The predicted molar refractivity (Wildman–Crippen MR) is 59.7 cm³/mol. The second-order valence-corrected chi connectivity index (χ2v) is 3.61. The number of rotatable bonds is 4. The lowest BCUT2D eigenvalue weighted by Crippen LogP contribution is -2.08. The van der Waals surface area contributed by atoms with E-state index in [1.165, 1.54) is 35.3 Å². The molecule has 1 aromatic carbocycles. The average molecular weight is 252 g/mol. The number of ketones is 1. The summed E-state index contributed by atoms with van der Waals surface area (Å²) in [6, 6.07) is 5.88. The van der Waals surface area contributed by atoms with Gasteiger partial charge in [0.15, 0.2) is 5.78 Å². The van der Waals surface area contributed by atoms with E-state index < -0.39 is 12.4 Å². The summed E-state index contributed by atoms with van der Waals surface area (Å²) in [4.78, 5) is 12.1. The van der Waals surface area contributed by atoms with E-state index in [0.717, 1.165) is 0 Å². The Morgan fingerprint density at radius 3 is 2.72 bits per heavy atom. The van der Waals surface area contributed by atoms with Crippen molar-refractivity contribution in [3.63, 3.8) is 0 Å². The molecule has 0 aliphatic heterocycles. The number of hydrogen-bond donors (Lipinski definition) is 0. The number of para-hydroxylation sites is 1. The van der Waals surface area contributed by atoms with E-state index in [4.69, 9.17) is 0 Å². The van der Waals surface area contributed by atoms with Gasteiger partial charge in [0.05, 0.1) is 17.3 Å². The molecule has 1 heterocycles. The molecule has 94 valence electrons. The van der Waals surface area contributed by atoms with Crippen LogP contribution >= 0.6 is 0 Å². The molecule has 0 radical (unpaired) electrons. The number of carbonyl (C=O) groups is 1. The molecule has 0 atom stereocenters. The summed E-state index contributed by atoms with van der Waals surface area (Å²) in [5, 5.41) is 3.86. The Morgan fingerprint density at radius 1 is 1.39 bits per heavy atom. The van der Waals surface area contributed by atoms with Crippen LogP contribution in [0.5, 0.6) is 5.75 Å². The Balaban J connectivity index is 2.35. The number of aryl methyl sites for hydroxylation is 1. The second-order valence-electron chi connectivity index (χ2n) is 3.61. The van der Waals surface area contributed by atoms with E-state index in [2.05, 4.69) is 9.84 Å². The zero-order valence-corrected chi connectivity index (χ0v) is 9.51. The third-order valence-electron chi connectivity index (χ3n) is 2.31. The van der Waals surface area contributed by atoms with Gasteiger partial charge in [0.25, 0.3) is 0 Å². The predicted octanol–water partition coefficient (Wildman–Crippen LogP) is 2.25. The number of halogens is 2. The van der Waals surface area contributed by atoms with E-state index in [9.17, 15) is 13.6 Å². The molecule has 2 aromatic rings. The summed E-state index contributed by atoms with van der Waals surface area (Å²) in [5.41, 5.74) is 0.411. The number of aromatic nitrogens is 2. The van der Waals surface area contributed by atoms with Crippen LogP contribution in [-0.4, -0.2) is 22.2 Å². The van der Waals surface area contributed by atoms with Crippen molar-refractivity contribution in [2.24, 2.45) is 7.05 Å². The van der Waals surface area contributed by atoms with Crippen molar-refractivity contribution in [2.45, 2.75) is 6.61 Å². The highest BCUT2D eigenvalue weighted by atomic mass is 19.3. The van der Waals surface area contributed by atoms with Crippen molar-refractivity contribution >= 4 is 5.78 Å². The van der Waals surface area contributed by atoms with E-state index >= 15 is 0 Å². The number of hydrogen-bond acceptors (Lipinski definition) is 3. The van der Waals surface area contributed by atoms with Crippen LogP contribution in [0.3, 0.4) is 0 Å². The molecule has 0 aliphatic rings. The zero-order chi connectivity index (χ0) is 13.1. The van der Waals surface area contributed by atoms with Gasteiger partial charge in [0.1, 0.15) is 5.75 Å².